The fraction of sp³-hybridized carbons (Fsp3) is 0.857. The molecule has 54 valence electrons. The Morgan fingerprint density at radius 1 is 1.44 bits per heavy atom. The second-order valence-electron chi connectivity index (χ2n) is 3.16. The van der Waals surface area contributed by atoms with Gasteiger partial charge >= 0.3 is 0 Å². The minimum Gasteiger partial charge on any atom is -0.373 e. The van der Waals surface area contributed by atoms with Gasteiger partial charge in [0, 0.05) is 7.11 Å². The van der Waals surface area contributed by atoms with Gasteiger partial charge in [0.15, 0.2) is 0 Å². The molecule has 9 heavy (non-hydrogen) atoms. The van der Waals surface area contributed by atoms with Crippen LogP contribution < -0.4 is 0 Å². The lowest BCUT2D eigenvalue weighted by atomic mass is 9.90. The lowest BCUT2D eigenvalue weighted by molar-refractivity contribution is -0.121. The summed E-state index contributed by atoms with van der Waals surface area (Å²) >= 11 is 0. The van der Waals surface area contributed by atoms with Gasteiger partial charge in [-0.15, -0.1) is 0 Å². The standard InChI is InChI=1S/C7H14O2/c1-7(2,3)6(5-8)9-4/h5-6H,1-4H3/t6-/m1/s1. The van der Waals surface area contributed by atoms with Crippen LogP contribution in [0.5, 0.6) is 0 Å². The molecular weight excluding hydrogens is 116 g/mol. The van der Waals surface area contributed by atoms with Gasteiger partial charge < -0.3 is 9.53 Å². The van der Waals surface area contributed by atoms with Crippen LogP contribution >= 0.6 is 0 Å². The van der Waals surface area contributed by atoms with Gasteiger partial charge in [-0.2, -0.15) is 0 Å². The monoisotopic (exact) mass is 130 g/mol. The van der Waals surface area contributed by atoms with E-state index in [9.17, 15) is 4.79 Å². The summed E-state index contributed by atoms with van der Waals surface area (Å²) in [7, 11) is 1.55. The zero-order chi connectivity index (χ0) is 7.49. The van der Waals surface area contributed by atoms with Gasteiger partial charge in [-0.05, 0) is 5.41 Å². The first-order valence-electron chi connectivity index (χ1n) is 3.00. The summed E-state index contributed by atoms with van der Waals surface area (Å²) in [5.74, 6) is 0. The molecule has 0 rings (SSSR count). The zero-order valence-electron chi connectivity index (χ0n) is 6.47. The molecule has 0 aliphatic rings. The van der Waals surface area contributed by atoms with Crippen molar-refractivity contribution in [1.29, 1.82) is 0 Å². The Morgan fingerprint density at radius 3 is 1.89 bits per heavy atom. The summed E-state index contributed by atoms with van der Waals surface area (Å²) in [5.41, 5.74) is -0.0729. The third kappa shape index (κ3) is 2.61. The Labute approximate surface area is 56.2 Å². The van der Waals surface area contributed by atoms with E-state index in [0.29, 0.717) is 0 Å². The van der Waals surface area contributed by atoms with Crippen LogP contribution in [0.25, 0.3) is 0 Å². The quantitative estimate of drug-likeness (QED) is 0.526. The van der Waals surface area contributed by atoms with Crippen LogP contribution in [-0.2, 0) is 9.53 Å². The van der Waals surface area contributed by atoms with Crippen molar-refractivity contribution >= 4 is 6.29 Å². The van der Waals surface area contributed by atoms with E-state index < -0.39 is 0 Å². The van der Waals surface area contributed by atoms with Gasteiger partial charge in [-0.3, -0.25) is 0 Å². The van der Waals surface area contributed by atoms with Gasteiger partial charge in [0.2, 0.25) is 0 Å². The summed E-state index contributed by atoms with van der Waals surface area (Å²) in [5, 5.41) is 0. The summed E-state index contributed by atoms with van der Waals surface area (Å²) in [6.07, 6.45) is 0.553. The van der Waals surface area contributed by atoms with Gasteiger partial charge in [-0.1, -0.05) is 20.8 Å². The molecule has 0 aromatic carbocycles. The molecule has 0 saturated carbocycles. The first kappa shape index (κ1) is 8.63. The third-order valence-corrected chi connectivity index (χ3v) is 1.23. The van der Waals surface area contributed by atoms with E-state index >= 15 is 0 Å². The van der Waals surface area contributed by atoms with Crippen LogP contribution in [0.1, 0.15) is 20.8 Å². The molecule has 2 heteroatoms. The highest BCUT2D eigenvalue weighted by Crippen LogP contribution is 2.19. The van der Waals surface area contributed by atoms with Crippen LogP contribution in [0.3, 0.4) is 0 Å². The number of carbonyl (C=O) groups excluding carboxylic acids is 1. The summed E-state index contributed by atoms with van der Waals surface area (Å²) in [4.78, 5) is 10.3. The number of carbonyl (C=O) groups is 1. The zero-order valence-corrected chi connectivity index (χ0v) is 6.47. The van der Waals surface area contributed by atoms with E-state index in [4.69, 9.17) is 4.74 Å². The highest BCUT2D eigenvalue weighted by atomic mass is 16.5. The highest BCUT2D eigenvalue weighted by Gasteiger charge is 2.22. The van der Waals surface area contributed by atoms with Crippen LogP contribution in [0, 0.1) is 5.41 Å². The predicted molar refractivity (Wildman–Crippen MR) is 36.3 cm³/mol. The Morgan fingerprint density at radius 2 is 1.89 bits per heavy atom. The van der Waals surface area contributed by atoms with Crippen LogP contribution in [-0.4, -0.2) is 19.5 Å². The Hall–Kier alpha value is -0.370. The van der Waals surface area contributed by atoms with Crippen LogP contribution in [0.4, 0.5) is 0 Å². The number of rotatable bonds is 2. The third-order valence-electron chi connectivity index (χ3n) is 1.23. The van der Waals surface area contributed by atoms with E-state index in [1.54, 1.807) is 7.11 Å². The molecule has 0 heterocycles. The molecule has 0 aliphatic carbocycles. The molecule has 1 atom stereocenters. The largest absolute Gasteiger partial charge is 0.373 e. The number of aldehydes is 1. The number of ether oxygens (including phenoxy) is 1. The lowest BCUT2D eigenvalue weighted by Gasteiger charge is -2.23. The maximum absolute atomic E-state index is 10.3. The Balaban J connectivity index is 3.94. The average Bonchev–Trinajstić information content (AvgIpc) is 1.65. The van der Waals surface area contributed by atoms with Gasteiger partial charge in [0.05, 0.1) is 0 Å². The molecular formula is C7H14O2. The number of hydrogen-bond donors (Lipinski definition) is 0. The van der Waals surface area contributed by atoms with Crippen molar-refractivity contribution in [2.45, 2.75) is 26.9 Å². The smallest absolute Gasteiger partial charge is 0.149 e. The molecule has 0 radical (unpaired) electrons. The van der Waals surface area contributed by atoms with Crippen LogP contribution in [0.15, 0.2) is 0 Å². The first-order chi connectivity index (χ1) is 4.02. The summed E-state index contributed by atoms with van der Waals surface area (Å²) in [6, 6.07) is 0. The Bertz CT molecular complexity index is 91.6. The SMILES string of the molecule is CO[C@H](C=O)C(C)(C)C. The van der Waals surface area contributed by atoms with E-state index in [0.717, 1.165) is 6.29 Å². The topological polar surface area (TPSA) is 26.3 Å². The second-order valence-corrected chi connectivity index (χ2v) is 3.16. The minimum atomic E-state index is -0.280. The molecule has 0 N–H and O–H groups in total. The van der Waals surface area contributed by atoms with E-state index in [1.807, 2.05) is 20.8 Å². The molecule has 2 nitrogen and oxygen atoms in total. The molecule has 0 aliphatic heterocycles. The van der Waals surface area contributed by atoms with Crippen molar-refractivity contribution < 1.29 is 9.53 Å². The number of methoxy groups -OCH3 is 1. The van der Waals surface area contributed by atoms with E-state index in [-0.39, 0.29) is 11.5 Å². The molecule has 0 aromatic heterocycles. The normalized spacial score (nSPS) is 15.1. The maximum atomic E-state index is 10.3. The van der Waals surface area contributed by atoms with Crippen molar-refractivity contribution in [2.75, 3.05) is 7.11 Å². The average molecular weight is 130 g/mol. The highest BCUT2D eigenvalue weighted by molar-refractivity contribution is 5.57. The lowest BCUT2D eigenvalue weighted by Crippen LogP contribution is -2.29. The van der Waals surface area contributed by atoms with E-state index in [1.165, 1.54) is 0 Å². The maximum Gasteiger partial charge on any atom is 0.149 e. The number of hydrogen-bond acceptors (Lipinski definition) is 2. The fourth-order valence-corrected chi connectivity index (χ4v) is 0.613. The van der Waals surface area contributed by atoms with E-state index in [2.05, 4.69) is 0 Å². The predicted octanol–water partition coefficient (Wildman–Crippen LogP) is 1.25. The molecule has 0 aromatic rings. The minimum absolute atomic E-state index is 0.0729. The Kier molecular flexibility index (Phi) is 2.85. The first-order valence-corrected chi connectivity index (χ1v) is 3.00. The van der Waals surface area contributed by atoms with Gasteiger partial charge in [0.25, 0.3) is 0 Å². The second kappa shape index (κ2) is 2.97. The molecule has 0 bridgehead atoms. The van der Waals surface area contributed by atoms with Crippen molar-refractivity contribution in [2.24, 2.45) is 5.41 Å². The van der Waals surface area contributed by atoms with Crippen molar-refractivity contribution in [1.82, 2.24) is 0 Å². The summed E-state index contributed by atoms with van der Waals surface area (Å²) in [6.45, 7) is 5.90. The molecule has 0 unspecified atom stereocenters. The van der Waals surface area contributed by atoms with Crippen molar-refractivity contribution in [3.63, 3.8) is 0 Å². The van der Waals surface area contributed by atoms with Crippen LogP contribution in [0.2, 0.25) is 0 Å². The van der Waals surface area contributed by atoms with Crippen molar-refractivity contribution in [3.8, 4) is 0 Å². The molecule has 0 saturated heterocycles. The summed E-state index contributed by atoms with van der Waals surface area (Å²) < 4.78 is 4.90. The van der Waals surface area contributed by atoms with Gasteiger partial charge in [0.1, 0.15) is 12.4 Å². The molecule has 0 amide bonds. The van der Waals surface area contributed by atoms with Gasteiger partial charge in [-0.25, -0.2) is 0 Å². The molecule has 0 fully saturated rings. The van der Waals surface area contributed by atoms with Crippen molar-refractivity contribution in [3.05, 3.63) is 0 Å². The molecule has 0 spiro atoms. The fourth-order valence-electron chi connectivity index (χ4n) is 0.613.